The van der Waals surface area contributed by atoms with Crippen LogP contribution in [0.15, 0.2) is 34.9 Å². The molecule has 2 aromatic rings. The maximum absolute atomic E-state index is 12.4. The summed E-state index contributed by atoms with van der Waals surface area (Å²) >= 11 is 0. The normalized spacial score (nSPS) is 15.4. The molecule has 6 heteroatoms. The maximum Gasteiger partial charge on any atom is 0.323 e. The minimum absolute atomic E-state index is 0.127. The smallest absolute Gasteiger partial charge is 0.323 e. The summed E-state index contributed by atoms with van der Waals surface area (Å²) in [5.41, 5.74) is 2.33. The molecule has 134 valence electrons. The quantitative estimate of drug-likeness (QED) is 0.905. The number of amides is 2. The number of aryl methyl sites for hydroxylation is 1. The third kappa shape index (κ3) is 4.13. The van der Waals surface area contributed by atoms with Crippen LogP contribution in [0.2, 0.25) is 0 Å². The number of urea groups is 1. The van der Waals surface area contributed by atoms with Gasteiger partial charge in [-0.3, -0.25) is 5.32 Å². The first-order valence-corrected chi connectivity index (χ1v) is 8.68. The van der Waals surface area contributed by atoms with Gasteiger partial charge >= 0.3 is 6.03 Å². The van der Waals surface area contributed by atoms with Crippen molar-refractivity contribution in [2.45, 2.75) is 33.1 Å². The summed E-state index contributed by atoms with van der Waals surface area (Å²) in [4.78, 5) is 16.6. The summed E-state index contributed by atoms with van der Waals surface area (Å²) < 4.78 is 5.31. The van der Waals surface area contributed by atoms with Crippen molar-refractivity contribution >= 4 is 17.5 Å². The van der Waals surface area contributed by atoms with Gasteiger partial charge in [-0.25, -0.2) is 4.79 Å². The Bertz CT molecular complexity index is 740. The minimum Gasteiger partial charge on any atom is -0.368 e. The summed E-state index contributed by atoms with van der Waals surface area (Å²) in [6.07, 6.45) is 0. The molecule has 0 unspecified atom stereocenters. The number of rotatable bonds is 2. The molecule has 1 aliphatic heterocycles. The van der Waals surface area contributed by atoms with Crippen LogP contribution in [0.3, 0.4) is 0 Å². The second-order valence-electron chi connectivity index (χ2n) is 7.57. The van der Waals surface area contributed by atoms with Crippen molar-refractivity contribution in [1.29, 1.82) is 0 Å². The molecule has 0 saturated carbocycles. The Morgan fingerprint density at radius 1 is 1.16 bits per heavy atom. The molecule has 2 heterocycles. The van der Waals surface area contributed by atoms with E-state index in [1.807, 2.05) is 25.7 Å². The molecule has 1 aliphatic rings. The van der Waals surface area contributed by atoms with Crippen molar-refractivity contribution in [3.63, 3.8) is 0 Å². The number of nitrogens with zero attached hydrogens (tertiary/aromatic N) is 3. The molecule has 1 fully saturated rings. The van der Waals surface area contributed by atoms with Gasteiger partial charge in [-0.1, -0.05) is 38.1 Å². The zero-order chi connectivity index (χ0) is 18.0. The SMILES string of the molecule is Cc1cccc(N2CCN(C(=O)Nc3cc(C(C)(C)C)on3)CC2)c1. The summed E-state index contributed by atoms with van der Waals surface area (Å²) in [6.45, 7) is 11.2. The monoisotopic (exact) mass is 342 g/mol. The van der Waals surface area contributed by atoms with Crippen LogP contribution < -0.4 is 10.2 Å². The highest BCUT2D eigenvalue weighted by Gasteiger charge is 2.24. The van der Waals surface area contributed by atoms with Gasteiger partial charge in [-0.05, 0) is 24.6 Å². The number of benzene rings is 1. The van der Waals surface area contributed by atoms with Crippen molar-refractivity contribution in [2.24, 2.45) is 0 Å². The van der Waals surface area contributed by atoms with Gasteiger partial charge in [0.1, 0.15) is 5.76 Å². The van der Waals surface area contributed by atoms with E-state index in [-0.39, 0.29) is 11.4 Å². The van der Waals surface area contributed by atoms with E-state index in [1.165, 1.54) is 11.3 Å². The Labute approximate surface area is 148 Å². The molecule has 1 aromatic carbocycles. The number of hydrogen-bond donors (Lipinski definition) is 1. The van der Waals surface area contributed by atoms with Crippen LogP contribution in [0.4, 0.5) is 16.3 Å². The summed E-state index contributed by atoms with van der Waals surface area (Å²) in [7, 11) is 0. The minimum atomic E-state index is -0.130. The number of nitrogens with one attached hydrogen (secondary N) is 1. The summed E-state index contributed by atoms with van der Waals surface area (Å²) in [5, 5.41) is 6.78. The lowest BCUT2D eigenvalue weighted by atomic mass is 9.93. The largest absolute Gasteiger partial charge is 0.368 e. The van der Waals surface area contributed by atoms with Crippen LogP contribution in [-0.2, 0) is 5.41 Å². The van der Waals surface area contributed by atoms with Gasteiger partial charge in [0.2, 0.25) is 0 Å². The molecule has 0 aliphatic carbocycles. The van der Waals surface area contributed by atoms with Gasteiger partial charge < -0.3 is 14.3 Å². The zero-order valence-corrected chi connectivity index (χ0v) is 15.4. The lowest BCUT2D eigenvalue weighted by Crippen LogP contribution is -2.50. The molecule has 3 rings (SSSR count). The highest BCUT2D eigenvalue weighted by molar-refractivity contribution is 5.88. The molecule has 1 aromatic heterocycles. The Morgan fingerprint density at radius 2 is 1.88 bits per heavy atom. The predicted molar refractivity (Wildman–Crippen MR) is 99.2 cm³/mol. The fraction of sp³-hybridized carbons (Fsp3) is 0.474. The zero-order valence-electron chi connectivity index (χ0n) is 15.4. The number of anilines is 2. The van der Waals surface area contributed by atoms with Crippen molar-refractivity contribution < 1.29 is 9.32 Å². The molecule has 1 saturated heterocycles. The first-order chi connectivity index (χ1) is 11.8. The molecule has 2 amide bonds. The van der Waals surface area contributed by atoms with E-state index in [1.54, 1.807) is 6.07 Å². The van der Waals surface area contributed by atoms with Crippen molar-refractivity contribution in [2.75, 3.05) is 36.4 Å². The van der Waals surface area contributed by atoms with Gasteiger partial charge in [0, 0.05) is 43.3 Å². The number of hydrogen-bond acceptors (Lipinski definition) is 4. The molecule has 0 radical (unpaired) electrons. The maximum atomic E-state index is 12.4. The van der Waals surface area contributed by atoms with Gasteiger partial charge in [0.15, 0.2) is 5.82 Å². The van der Waals surface area contributed by atoms with Crippen molar-refractivity contribution in [3.05, 3.63) is 41.7 Å². The average molecular weight is 342 g/mol. The standard InChI is InChI=1S/C19H26N4O2/c1-14-6-5-7-15(12-14)22-8-10-23(11-9-22)18(24)20-17-13-16(25-21-17)19(2,3)4/h5-7,12-13H,8-11H2,1-4H3,(H,20,21,24). The van der Waals surface area contributed by atoms with Crippen LogP contribution in [0.5, 0.6) is 0 Å². The highest BCUT2D eigenvalue weighted by atomic mass is 16.5. The van der Waals surface area contributed by atoms with Gasteiger partial charge in [0.25, 0.3) is 0 Å². The van der Waals surface area contributed by atoms with Crippen LogP contribution in [0.25, 0.3) is 0 Å². The molecular formula is C19H26N4O2. The van der Waals surface area contributed by atoms with E-state index < -0.39 is 0 Å². The van der Waals surface area contributed by atoms with E-state index in [0.717, 1.165) is 18.8 Å². The van der Waals surface area contributed by atoms with Crippen LogP contribution in [0, 0.1) is 6.92 Å². The summed E-state index contributed by atoms with van der Waals surface area (Å²) in [6, 6.07) is 10.1. The van der Waals surface area contributed by atoms with E-state index >= 15 is 0 Å². The van der Waals surface area contributed by atoms with Gasteiger partial charge in [0.05, 0.1) is 0 Å². The van der Waals surface area contributed by atoms with Gasteiger partial charge in [-0.15, -0.1) is 0 Å². The second-order valence-corrected chi connectivity index (χ2v) is 7.57. The molecule has 0 spiro atoms. The van der Waals surface area contributed by atoms with Crippen molar-refractivity contribution in [1.82, 2.24) is 10.1 Å². The van der Waals surface area contributed by atoms with E-state index in [4.69, 9.17) is 4.52 Å². The lowest BCUT2D eigenvalue weighted by Gasteiger charge is -2.36. The first kappa shape index (κ1) is 17.3. The third-order valence-corrected chi connectivity index (χ3v) is 4.42. The lowest BCUT2D eigenvalue weighted by molar-refractivity contribution is 0.208. The highest BCUT2D eigenvalue weighted by Crippen LogP contribution is 2.24. The molecular weight excluding hydrogens is 316 g/mol. The van der Waals surface area contributed by atoms with E-state index in [0.29, 0.717) is 18.9 Å². The molecule has 0 bridgehead atoms. The molecule has 25 heavy (non-hydrogen) atoms. The number of carbonyl (C=O) groups excluding carboxylic acids is 1. The Balaban J connectivity index is 1.56. The first-order valence-electron chi connectivity index (χ1n) is 8.68. The number of carbonyl (C=O) groups is 1. The predicted octanol–water partition coefficient (Wildman–Crippen LogP) is 3.63. The fourth-order valence-electron chi connectivity index (χ4n) is 2.87. The number of aromatic nitrogens is 1. The number of piperazine rings is 1. The van der Waals surface area contributed by atoms with E-state index in [2.05, 4.69) is 46.6 Å². The Hall–Kier alpha value is -2.50. The Morgan fingerprint density at radius 3 is 2.48 bits per heavy atom. The molecule has 0 atom stereocenters. The summed E-state index contributed by atoms with van der Waals surface area (Å²) in [5.74, 6) is 1.23. The van der Waals surface area contributed by atoms with Crippen molar-refractivity contribution in [3.8, 4) is 0 Å². The second kappa shape index (κ2) is 6.78. The average Bonchev–Trinajstić information content (AvgIpc) is 3.04. The molecule has 1 N–H and O–H groups in total. The van der Waals surface area contributed by atoms with Crippen LogP contribution in [0.1, 0.15) is 32.1 Å². The van der Waals surface area contributed by atoms with Gasteiger partial charge in [-0.2, -0.15) is 0 Å². The Kier molecular flexibility index (Phi) is 4.70. The van der Waals surface area contributed by atoms with Crippen LogP contribution >= 0.6 is 0 Å². The fourth-order valence-corrected chi connectivity index (χ4v) is 2.87. The van der Waals surface area contributed by atoms with Crippen LogP contribution in [-0.4, -0.2) is 42.3 Å². The topological polar surface area (TPSA) is 61.6 Å². The third-order valence-electron chi connectivity index (χ3n) is 4.42. The molecule has 6 nitrogen and oxygen atoms in total. The van der Waals surface area contributed by atoms with E-state index in [9.17, 15) is 4.79 Å².